The second-order valence-electron chi connectivity index (χ2n) is 4.38. The number of fused-ring (bicyclic) bond motifs is 1. The first-order valence-corrected chi connectivity index (χ1v) is 8.09. The number of aromatic nitrogens is 2. The molecule has 0 amide bonds. The average Bonchev–Trinajstić information content (AvgIpc) is 2.78. The fourth-order valence-electron chi connectivity index (χ4n) is 1.69. The molecule has 0 radical (unpaired) electrons. The van der Waals surface area contributed by atoms with Gasteiger partial charge in [-0.3, -0.25) is 0 Å². The lowest BCUT2D eigenvalue weighted by molar-refractivity contribution is 1.05. The lowest BCUT2D eigenvalue weighted by Gasteiger charge is -2.06. The van der Waals surface area contributed by atoms with Crippen LogP contribution in [-0.2, 0) is 12.2 Å². The number of anilines is 1. The Morgan fingerprint density at radius 2 is 2.17 bits per heavy atom. The summed E-state index contributed by atoms with van der Waals surface area (Å²) < 4.78 is 0. The zero-order valence-electron chi connectivity index (χ0n) is 11.3. The molecule has 0 aliphatic carbocycles. The van der Waals surface area contributed by atoms with E-state index in [-0.39, 0.29) is 0 Å². The number of hydrogen-bond donors (Lipinski definition) is 1. The van der Waals surface area contributed by atoms with Crippen molar-refractivity contribution in [1.29, 1.82) is 0 Å². The summed E-state index contributed by atoms with van der Waals surface area (Å²) in [5.41, 5.74) is 0. The molecule has 3 nitrogen and oxygen atoms in total. The molecule has 5 heteroatoms. The van der Waals surface area contributed by atoms with Crippen molar-refractivity contribution in [2.24, 2.45) is 0 Å². The summed E-state index contributed by atoms with van der Waals surface area (Å²) in [6, 6.07) is 2.20. The van der Waals surface area contributed by atoms with Gasteiger partial charge < -0.3 is 5.32 Å². The molecule has 2 heterocycles. The van der Waals surface area contributed by atoms with Crippen molar-refractivity contribution >= 4 is 39.1 Å². The van der Waals surface area contributed by atoms with Crippen molar-refractivity contribution in [3.63, 3.8) is 0 Å². The highest BCUT2D eigenvalue weighted by molar-refractivity contribution is 7.99. The Bertz CT molecular complexity index is 534. The van der Waals surface area contributed by atoms with Crippen LogP contribution in [0.5, 0.6) is 0 Å². The van der Waals surface area contributed by atoms with E-state index in [1.54, 1.807) is 11.3 Å². The molecule has 0 atom stereocenters. The van der Waals surface area contributed by atoms with Crippen LogP contribution >= 0.6 is 23.1 Å². The van der Waals surface area contributed by atoms with Gasteiger partial charge in [0.25, 0.3) is 0 Å². The van der Waals surface area contributed by atoms with E-state index in [0.717, 1.165) is 34.0 Å². The van der Waals surface area contributed by atoms with E-state index in [1.165, 1.54) is 4.88 Å². The zero-order chi connectivity index (χ0) is 13.1. The molecule has 0 fully saturated rings. The van der Waals surface area contributed by atoms with Crippen molar-refractivity contribution in [2.75, 3.05) is 12.4 Å². The topological polar surface area (TPSA) is 37.8 Å². The number of thioether (sulfide) groups is 1. The number of rotatable bonds is 5. The van der Waals surface area contributed by atoms with Gasteiger partial charge in [0.2, 0.25) is 0 Å². The maximum absolute atomic E-state index is 4.67. The largest absolute Gasteiger partial charge is 0.372 e. The van der Waals surface area contributed by atoms with Gasteiger partial charge in [-0.15, -0.1) is 11.3 Å². The normalized spacial score (nSPS) is 11.4. The van der Waals surface area contributed by atoms with E-state index < -0.39 is 0 Å². The van der Waals surface area contributed by atoms with Gasteiger partial charge in [0.05, 0.1) is 11.1 Å². The Labute approximate surface area is 116 Å². The Balaban J connectivity index is 2.38. The highest BCUT2D eigenvalue weighted by Crippen LogP contribution is 2.30. The minimum absolute atomic E-state index is 0.608. The first-order chi connectivity index (χ1) is 8.63. The molecule has 1 N–H and O–H groups in total. The van der Waals surface area contributed by atoms with Crippen molar-refractivity contribution in [3.05, 3.63) is 16.8 Å². The van der Waals surface area contributed by atoms with E-state index in [1.807, 2.05) is 18.8 Å². The molecule has 18 heavy (non-hydrogen) atoms. The third-order valence-electron chi connectivity index (χ3n) is 2.62. The summed E-state index contributed by atoms with van der Waals surface area (Å²) in [5.74, 6) is 2.76. The SMILES string of the molecule is CCc1cc2c(NC)nc(CSC(C)C)nc2s1. The number of aryl methyl sites for hydroxylation is 1. The van der Waals surface area contributed by atoms with Gasteiger partial charge >= 0.3 is 0 Å². The summed E-state index contributed by atoms with van der Waals surface area (Å²) in [7, 11) is 1.92. The number of hydrogen-bond acceptors (Lipinski definition) is 5. The Morgan fingerprint density at radius 3 is 2.78 bits per heavy atom. The first kappa shape index (κ1) is 13.6. The highest BCUT2D eigenvalue weighted by atomic mass is 32.2. The van der Waals surface area contributed by atoms with Crippen LogP contribution in [0.4, 0.5) is 5.82 Å². The standard InChI is InChI=1S/C13H19N3S2/c1-5-9-6-10-12(14-4)15-11(7-17-8(2)3)16-13(10)18-9/h6,8H,5,7H2,1-4H3,(H,14,15,16). The monoisotopic (exact) mass is 281 g/mol. The van der Waals surface area contributed by atoms with Gasteiger partial charge in [0, 0.05) is 11.9 Å². The summed E-state index contributed by atoms with van der Waals surface area (Å²) >= 11 is 3.65. The van der Waals surface area contributed by atoms with Crippen molar-refractivity contribution in [2.45, 2.75) is 38.2 Å². The molecular weight excluding hydrogens is 262 g/mol. The molecular formula is C13H19N3S2. The number of nitrogens with zero attached hydrogens (tertiary/aromatic N) is 2. The Hall–Kier alpha value is -0.810. The third kappa shape index (κ3) is 2.95. The summed E-state index contributed by atoms with van der Waals surface area (Å²) in [6.07, 6.45) is 1.06. The molecule has 2 aromatic heterocycles. The molecule has 0 bridgehead atoms. The lowest BCUT2D eigenvalue weighted by atomic mass is 10.3. The second kappa shape index (κ2) is 5.89. The smallest absolute Gasteiger partial charge is 0.142 e. The van der Waals surface area contributed by atoms with Crippen LogP contribution in [0.2, 0.25) is 0 Å². The van der Waals surface area contributed by atoms with Crippen LogP contribution in [0.25, 0.3) is 10.2 Å². The molecule has 0 unspecified atom stereocenters. The molecule has 0 saturated heterocycles. The first-order valence-electron chi connectivity index (χ1n) is 6.22. The van der Waals surface area contributed by atoms with Gasteiger partial charge in [-0.05, 0) is 17.7 Å². The van der Waals surface area contributed by atoms with Crippen molar-refractivity contribution < 1.29 is 0 Å². The van der Waals surface area contributed by atoms with E-state index in [2.05, 4.69) is 42.1 Å². The van der Waals surface area contributed by atoms with Crippen LogP contribution in [0.3, 0.4) is 0 Å². The lowest BCUT2D eigenvalue weighted by Crippen LogP contribution is -2.00. The number of thiophene rings is 1. The second-order valence-corrected chi connectivity index (χ2v) is 7.06. The quantitative estimate of drug-likeness (QED) is 0.901. The van der Waals surface area contributed by atoms with E-state index >= 15 is 0 Å². The zero-order valence-corrected chi connectivity index (χ0v) is 12.9. The van der Waals surface area contributed by atoms with Gasteiger partial charge in [0.1, 0.15) is 16.5 Å². The number of nitrogens with one attached hydrogen (secondary N) is 1. The molecule has 0 saturated carbocycles. The maximum Gasteiger partial charge on any atom is 0.142 e. The molecule has 0 aliphatic rings. The average molecular weight is 281 g/mol. The van der Waals surface area contributed by atoms with Crippen LogP contribution in [0.15, 0.2) is 6.07 Å². The molecule has 0 aromatic carbocycles. The molecule has 0 spiro atoms. The van der Waals surface area contributed by atoms with Crippen LogP contribution < -0.4 is 5.32 Å². The van der Waals surface area contributed by atoms with Gasteiger partial charge in [0.15, 0.2) is 0 Å². The minimum Gasteiger partial charge on any atom is -0.372 e. The van der Waals surface area contributed by atoms with Crippen LogP contribution in [-0.4, -0.2) is 22.3 Å². The van der Waals surface area contributed by atoms with Gasteiger partial charge in [-0.2, -0.15) is 11.8 Å². The maximum atomic E-state index is 4.67. The van der Waals surface area contributed by atoms with Crippen LogP contribution in [0.1, 0.15) is 31.5 Å². The summed E-state index contributed by atoms with van der Waals surface area (Å²) in [6.45, 7) is 6.57. The van der Waals surface area contributed by atoms with Crippen molar-refractivity contribution in [1.82, 2.24) is 9.97 Å². The predicted octanol–water partition coefficient (Wildman–Crippen LogP) is 3.94. The molecule has 2 aromatic rings. The molecule has 2 rings (SSSR count). The third-order valence-corrected chi connectivity index (χ3v) is 4.89. The Morgan fingerprint density at radius 1 is 1.39 bits per heavy atom. The molecule has 0 aliphatic heterocycles. The predicted molar refractivity (Wildman–Crippen MR) is 82.8 cm³/mol. The van der Waals surface area contributed by atoms with E-state index in [0.29, 0.717) is 5.25 Å². The fraction of sp³-hybridized carbons (Fsp3) is 0.538. The van der Waals surface area contributed by atoms with E-state index in [4.69, 9.17) is 0 Å². The van der Waals surface area contributed by atoms with Crippen molar-refractivity contribution in [3.8, 4) is 0 Å². The Kier molecular flexibility index (Phi) is 4.45. The van der Waals surface area contributed by atoms with Crippen LogP contribution in [0, 0.1) is 0 Å². The minimum atomic E-state index is 0.608. The molecule has 98 valence electrons. The fourth-order valence-corrected chi connectivity index (χ4v) is 3.28. The summed E-state index contributed by atoms with van der Waals surface area (Å²) in [4.78, 5) is 11.7. The van der Waals surface area contributed by atoms with E-state index in [9.17, 15) is 0 Å². The highest BCUT2D eigenvalue weighted by Gasteiger charge is 2.10. The summed E-state index contributed by atoms with van der Waals surface area (Å²) in [5, 5.41) is 4.94. The van der Waals surface area contributed by atoms with Gasteiger partial charge in [-0.1, -0.05) is 20.8 Å². The van der Waals surface area contributed by atoms with Gasteiger partial charge in [-0.25, -0.2) is 9.97 Å².